The number of benzene rings is 20. The van der Waals surface area contributed by atoms with Gasteiger partial charge in [0.15, 0.2) is 0 Å². The third kappa shape index (κ3) is 12.2. The molecule has 122 heavy (non-hydrogen) atoms. The lowest BCUT2D eigenvalue weighted by Gasteiger charge is -2.28. The minimum absolute atomic E-state index is 0.848. The smallest absolute Gasteiger partial charge is 0.136 e. The molecule has 0 saturated heterocycles. The molecule has 0 aliphatic rings. The lowest BCUT2D eigenvalue weighted by Crippen LogP contribution is -2.11. The lowest BCUT2D eigenvalue weighted by molar-refractivity contribution is 0.669. The summed E-state index contributed by atoms with van der Waals surface area (Å²) in [6.07, 6.45) is 0. The van der Waals surface area contributed by atoms with Crippen LogP contribution in [0.25, 0.3) is 204 Å². The fraction of sp³-hybridized carbons (Fsp3) is 0. The molecule has 24 rings (SSSR count). The number of thiophene rings is 3. The average molecular weight is 1610 g/mol. The summed E-state index contributed by atoms with van der Waals surface area (Å²) in [5, 5.41) is 14.8. The van der Waals surface area contributed by atoms with Gasteiger partial charge in [-0.3, -0.25) is 0 Å². The summed E-state index contributed by atoms with van der Waals surface area (Å²) in [5.41, 5.74) is 29.1. The van der Waals surface area contributed by atoms with E-state index in [1.165, 1.54) is 138 Å². The first-order chi connectivity index (χ1) is 60.5. The maximum absolute atomic E-state index is 6.84. The first-order valence-corrected chi connectivity index (χ1v) is 44.0. The van der Waals surface area contributed by atoms with Crippen LogP contribution in [0.5, 0.6) is 0 Å². The SMILES string of the molecule is c1cc(-c2ccccc2N(c2ccc(-c3ccc4c(c3)oc3ccc(-c5cccc6c(-c7cccc(-c8ccccc8N(c8ccc(-c9cccc%10c9sc9ccccc9%10)cc8)c8ccc(-c9cccc%10sc%11ccccc%11c9%10)cc8)c7)cccc56)cc34)cc2)c2ccc(-c3cccc4sc5ccccc5c34)cc2)cc(-c2cccc3ccccc23)c1. The van der Waals surface area contributed by atoms with Gasteiger partial charge in [0.05, 0.1) is 11.4 Å². The Kier molecular flexibility index (Phi) is 17.2. The molecule has 0 saturated carbocycles. The zero-order chi connectivity index (χ0) is 80.3. The molecular formula is C116H72N2OS3. The van der Waals surface area contributed by atoms with Crippen molar-refractivity contribution in [3.05, 3.63) is 437 Å². The Morgan fingerprint density at radius 3 is 1.07 bits per heavy atom. The highest BCUT2D eigenvalue weighted by Crippen LogP contribution is 2.51. The molecule has 0 amide bonds. The highest BCUT2D eigenvalue weighted by Gasteiger charge is 2.24. The Morgan fingerprint density at radius 1 is 0.172 bits per heavy atom. The van der Waals surface area contributed by atoms with Crippen LogP contribution in [0.4, 0.5) is 34.1 Å². The molecule has 0 fully saturated rings. The molecule has 570 valence electrons. The molecule has 3 nitrogen and oxygen atoms in total. The van der Waals surface area contributed by atoms with E-state index in [0.717, 1.165) is 101 Å². The molecule has 0 atom stereocenters. The second-order valence-corrected chi connectivity index (χ2v) is 34.9. The van der Waals surface area contributed by atoms with Crippen molar-refractivity contribution in [1.29, 1.82) is 0 Å². The van der Waals surface area contributed by atoms with Crippen LogP contribution in [0.1, 0.15) is 0 Å². The number of hydrogen-bond donors (Lipinski definition) is 0. The van der Waals surface area contributed by atoms with Crippen LogP contribution in [-0.2, 0) is 0 Å². The molecule has 0 unspecified atom stereocenters. The van der Waals surface area contributed by atoms with Gasteiger partial charge >= 0.3 is 0 Å². The van der Waals surface area contributed by atoms with Gasteiger partial charge in [-0.05, 0) is 238 Å². The number of rotatable bonds is 15. The van der Waals surface area contributed by atoms with E-state index in [1.54, 1.807) is 0 Å². The molecule has 0 bridgehead atoms. The van der Waals surface area contributed by atoms with Crippen LogP contribution in [0.2, 0.25) is 0 Å². The van der Waals surface area contributed by atoms with Gasteiger partial charge in [-0.15, -0.1) is 34.0 Å². The van der Waals surface area contributed by atoms with Crippen LogP contribution in [-0.4, -0.2) is 0 Å². The van der Waals surface area contributed by atoms with E-state index >= 15 is 0 Å². The largest absolute Gasteiger partial charge is 0.456 e. The Balaban J connectivity index is 0.552. The molecule has 0 radical (unpaired) electrons. The summed E-state index contributed by atoms with van der Waals surface area (Å²) in [7, 11) is 0. The fourth-order valence-electron chi connectivity index (χ4n) is 19.0. The number of anilines is 6. The summed E-state index contributed by atoms with van der Waals surface area (Å²) in [6.45, 7) is 0. The van der Waals surface area contributed by atoms with E-state index in [1.807, 2.05) is 34.0 Å². The third-order valence-corrected chi connectivity index (χ3v) is 28.2. The number of hydrogen-bond acceptors (Lipinski definition) is 6. The average Bonchev–Trinajstić information content (AvgIpc) is 1.73. The monoisotopic (exact) mass is 1600 g/mol. The van der Waals surface area contributed by atoms with E-state index in [0.29, 0.717) is 0 Å². The van der Waals surface area contributed by atoms with Crippen molar-refractivity contribution in [3.8, 4) is 100 Å². The Morgan fingerprint density at radius 2 is 0.525 bits per heavy atom. The van der Waals surface area contributed by atoms with Gasteiger partial charge in [0.2, 0.25) is 0 Å². The van der Waals surface area contributed by atoms with Gasteiger partial charge in [0, 0.05) is 105 Å². The summed E-state index contributed by atoms with van der Waals surface area (Å²) in [6, 6.07) is 161. The first-order valence-electron chi connectivity index (χ1n) is 41.6. The van der Waals surface area contributed by atoms with Crippen LogP contribution in [0.3, 0.4) is 0 Å². The van der Waals surface area contributed by atoms with Gasteiger partial charge in [0.1, 0.15) is 11.2 Å². The minimum atomic E-state index is 0.848. The number of furan rings is 1. The van der Waals surface area contributed by atoms with Crippen molar-refractivity contribution in [1.82, 2.24) is 0 Å². The lowest BCUT2D eigenvalue weighted by atomic mass is 9.91. The predicted octanol–water partition coefficient (Wildman–Crippen LogP) is 34.9. The van der Waals surface area contributed by atoms with E-state index in [-0.39, 0.29) is 0 Å². The summed E-state index contributed by atoms with van der Waals surface area (Å²) >= 11 is 5.59. The van der Waals surface area contributed by atoms with Gasteiger partial charge < -0.3 is 14.2 Å². The second-order valence-electron chi connectivity index (χ2n) is 31.6. The Bertz CT molecular complexity index is 8270. The highest BCUT2D eigenvalue weighted by atomic mass is 32.1. The molecule has 4 aromatic heterocycles. The summed E-state index contributed by atoms with van der Waals surface area (Å²) in [4.78, 5) is 4.86. The number of fused-ring (bicyclic) bond motifs is 14. The number of nitrogens with zero attached hydrogens (tertiary/aromatic N) is 2. The van der Waals surface area contributed by atoms with Gasteiger partial charge in [-0.1, -0.05) is 309 Å². The molecular weight excluding hydrogens is 1530 g/mol. The van der Waals surface area contributed by atoms with Crippen LogP contribution >= 0.6 is 34.0 Å². The Labute approximate surface area is 717 Å². The summed E-state index contributed by atoms with van der Waals surface area (Å²) < 4.78 is 14.7. The third-order valence-electron chi connectivity index (χ3n) is 24.7. The molecule has 4 heterocycles. The van der Waals surface area contributed by atoms with Crippen molar-refractivity contribution in [2.24, 2.45) is 0 Å². The van der Waals surface area contributed by atoms with Gasteiger partial charge in [-0.2, -0.15) is 0 Å². The van der Waals surface area contributed by atoms with Gasteiger partial charge in [0.25, 0.3) is 0 Å². The molecule has 24 aromatic rings. The predicted molar refractivity (Wildman–Crippen MR) is 526 cm³/mol. The normalized spacial score (nSPS) is 11.8. The molecule has 20 aromatic carbocycles. The van der Waals surface area contributed by atoms with E-state index in [4.69, 9.17) is 4.42 Å². The van der Waals surface area contributed by atoms with E-state index < -0.39 is 0 Å². The summed E-state index contributed by atoms with van der Waals surface area (Å²) in [5.74, 6) is 0. The maximum Gasteiger partial charge on any atom is 0.136 e. The fourth-order valence-corrected chi connectivity index (χ4v) is 22.5. The van der Waals surface area contributed by atoms with Crippen molar-refractivity contribution in [3.63, 3.8) is 0 Å². The first kappa shape index (κ1) is 71.1. The molecule has 0 N–H and O–H groups in total. The van der Waals surface area contributed by atoms with Crippen molar-refractivity contribution in [2.45, 2.75) is 0 Å². The van der Waals surface area contributed by atoms with Crippen LogP contribution in [0, 0.1) is 0 Å². The quantitative estimate of drug-likeness (QED) is 0.102. The topological polar surface area (TPSA) is 19.6 Å². The standard InChI is InChI=1S/C116H72N2OS3/c1-2-27-88-74(21-1)22-15-33-89(88)79-23-13-25-81(69-79)92-28-3-8-42-105(92)117(85-61-51-75(52-62-85)94-36-19-47-112-114(94)102-31-6-11-45-110(102)120-112)84-59-49-73(50-60-84)78-57-67-99-104-71-83(58-68-107(104)119-108(99)72-78)91-35-17-39-97-90(34-16-40-98(91)97)80-24-14-26-82(70-80)93-29-4-9-43-106(93)118(86-63-53-76(54-64-86)95-37-20-48-113-115(95)103-32-7-12-46-111(103)121-113)87-65-55-77(56-66-87)96-38-18-41-101-100-30-5-10-44-109(100)122-116(96)101/h1-72H. The zero-order valence-electron chi connectivity index (χ0n) is 66.1. The van der Waals surface area contributed by atoms with Gasteiger partial charge in [-0.25, -0.2) is 0 Å². The highest BCUT2D eigenvalue weighted by molar-refractivity contribution is 7.27. The maximum atomic E-state index is 6.84. The molecule has 0 aliphatic heterocycles. The van der Waals surface area contributed by atoms with Crippen LogP contribution < -0.4 is 9.80 Å². The minimum Gasteiger partial charge on any atom is -0.456 e. The number of para-hydroxylation sites is 2. The van der Waals surface area contributed by atoms with E-state index in [2.05, 4.69) is 447 Å². The van der Waals surface area contributed by atoms with Crippen molar-refractivity contribution in [2.75, 3.05) is 9.80 Å². The van der Waals surface area contributed by atoms with Crippen LogP contribution in [0.15, 0.2) is 441 Å². The Hall–Kier alpha value is -15.0. The second kappa shape index (κ2) is 29.5. The van der Waals surface area contributed by atoms with Crippen molar-refractivity contribution < 1.29 is 4.42 Å². The molecule has 6 heteroatoms. The van der Waals surface area contributed by atoms with E-state index in [9.17, 15) is 0 Å². The zero-order valence-corrected chi connectivity index (χ0v) is 68.5. The molecule has 0 aliphatic carbocycles. The van der Waals surface area contributed by atoms with Crippen molar-refractivity contribution >= 4 is 172 Å². The molecule has 0 spiro atoms.